The molecule has 0 aliphatic rings. The molecular weight excluding hydrogens is 274 g/mol. The van der Waals surface area contributed by atoms with E-state index in [0.29, 0.717) is 11.4 Å². The molecule has 1 aromatic carbocycles. The second-order valence-electron chi connectivity index (χ2n) is 4.40. The number of aromatic nitrogens is 4. The van der Waals surface area contributed by atoms with E-state index in [1.807, 2.05) is 33.6 Å². The fourth-order valence-electron chi connectivity index (χ4n) is 2.23. The van der Waals surface area contributed by atoms with Crippen LogP contribution in [0.25, 0.3) is 11.0 Å². The Hall–Kier alpha value is -2.32. The summed E-state index contributed by atoms with van der Waals surface area (Å²) in [6.07, 6.45) is 3.67. The average molecular weight is 286 g/mol. The molecule has 0 atom stereocenters. The van der Waals surface area contributed by atoms with Crippen molar-refractivity contribution in [3.8, 4) is 6.07 Å². The number of nitrogens with zero attached hydrogens (tertiary/aromatic N) is 5. The van der Waals surface area contributed by atoms with Gasteiger partial charge in [-0.2, -0.15) is 10.4 Å². The van der Waals surface area contributed by atoms with E-state index in [4.69, 9.17) is 16.9 Å². The molecule has 0 amide bonds. The summed E-state index contributed by atoms with van der Waals surface area (Å²) in [6.45, 7) is 1.45. The van der Waals surface area contributed by atoms with Gasteiger partial charge in [-0.05, 0) is 24.3 Å². The van der Waals surface area contributed by atoms with Crippen molar-refractivity contribution in [1.29, 1.82) is 5.26 Å². The van der Waals surface area contributed by atoms with Crippen LogP contribution in [0.1, 0.15) is 11.4 Å². The molecule has 0 spiro atoms. The molecule has 0 aliphatic carbocycles. The fraction of sp³-hybridized carbons (Fsp3) is 0.214. The number of alkyl halides is 1. The number of rotatable bonds is 4. The number of fused-ring (bicyclic) bond motifs is 1. The Morgan fingerprint density at radius 2 is 2.20 bits per heavy atom. The summed E-state index contributed by atoms with van der Waals surface area (Å²) >= 11 is 5.97. The summed E-state index contributed by atoms with van der Waals surface area (Å²) in [7, 11) is 0. The van der Waals surface area contributed by atoms with Crippen LogP contribution in [0.3, 0.4) is 0 Å². The van der Waals surface area contributed by atoms with Crippen molar-refractivity contribution in [3.05, 3.63) is 48.0 Å². The predicted molar refractivity (Wildman–Crippen MR) is 76.2 cm³/mol. The van der Waals surface area contributed by atoms with Gasteiger partial charge in [-0.15, -0.1) is 11.6 Å². The summed E-state index contributed by atoms with van der Waals surface area (Å²) in [5.74, 6) is 1.15. The van der Waals surface area contributed by atoms with Crippen molar-refractivity contribution < 1.29 is 0 Å². The van der Waals surface area contributed by atoms with Crippen molar-refractivity contribution in [3.63, 3.8) is 0 Å². The molecule has 2 heterocycles. The Kier molecular flexibility index (Phi) is 3.40. The first-order valence-corrected chi connectivity index (χ1v) is 6.78. The van der Waals surface area contributed by atoms with E-state index in [9.17, 15) is 0 Å². The van der Waals surface area contributed by atoms with E-state index in [2.05, 4.69) is 16.2 Å². The van der Waals surface area contributed by atoms with Gasteiger partial charge in [0.15, 0.2) is 0 Å². The predicted octanol–water partition coefficient (Wildman–Crippen LogP) is 2.54. The molecule has 100 valence electrons. The minimum atomic E-state index is 0.343. The zero-order valence-electron chi connectivity index (χ0n) is 10.7. The van der Waals surface area contributed by atoms with Gasteiger partial charge >= 0.3 is 0 Å². The van der Waals surface area contributed by atoms with Gasteiger partial charge in [-0.1, -0.05) is 0 Å². The van der Waals surface area contributed by atoms with Crippen LogP contribution in [-0.2, 0) is 19.0 Å². The molecule has 0 unspecified atom stereocenters. The molecule has 20 heavy (non-hydrogen) atoms. The van der Waals surface area contributed by atoms with Gasteiger partial charge in [0.25, 0.3) is 0 Å². The number of nitriles is 1. The van der Waals surface area contributed by atoms with Gasteiger partial charge in [-0.3, -0.25) is 4.68 Å². The highest BCUT2D eigenvalue weighted by atomic mass is 35.5. The number of imidazole rings is 1. The first-order valence-electron chi connectivity index (χ1n) is 6.24. The quantitative estimate of drug-likeness (QED) is 0.692. The average Bonchev–Trinajstić information content (AvgIpc) is 3.11. The molecule has 5 nitrogen and oxygen atoms in total. The third kappa shape index (κ3) is 2.26. The Labute approximate surface area is 121 Å². The molecular formula is C14H12ClN5. The fourth-order valence-corrected chi connectivity index (χ4v) is 2.43. The van der Waals surface area contributed by atoms with Crippen molar-refractivity contribution >= 4 is 22.6 Å². The lowest BCUT2D eigenvalue weighted by Gasteiger charge is -2.08. The molecule has 2 aromatic heterocycles. The molecule has 0 fully saturated rings. The van der Waals surface area contributed by atoms with Crippen LogP contribution >= 0.6 is 11.6 Å². The van der Waals surface area contributed by atoms with Crippen LogP contribution in [0.2, 0.25) is 0 Å². The van der Waals surface area contributed by atoms with Gasteiger partial charge in [0.2, 0.25) is 0 Å². The van der Waals surface area contributed by atoms with E-state index in [-0.39, 0.29) is 0 Å². The molecule has 0 saturated heterocycles. The Balaban J connectivity index is 2.00. The minimum Gasteiger partial charge on any atom is -0.325 e. The van der Waals surface area contributed by atoms with E-state index < -0.39 is 0 Å². The zero-order valence-corrected chi connectivity index (χ0v) is 11.5. The van der Waals surface area contributed by atoms with Crippen LogP contribution in [-0.4, -0.2) is 19.3 Å². The largest absolute Gasteiger partial charge is 0.325 e. The maximum Gasteiger partial charge on any atom is 0.124 e. The van der Waals surface area contributed by atoms with Crippen LogP contribution in [0, 0.1) is 11.3 Å². The monoisotopic (exact) mass is 285 g/mol. The smallest absolute Gasteiger partial charge is 0.124 e. The Morgan fingerprint density at radius 3 is 2.90 bits per heavy atom. The third-order valence-electron chi connectivity index (χ3n) is 3.19. The lowest BCUT2D eigenvalue weighted by molar-refractivity contribution is 0.533. The van der Waals surface area contributed by atoms with Crippen LogP contribution in [0.4, 0.5) is 0 Å². The maximum atomic E-state index is 9.01. The summed E-state index contributed by atoms with van der Waals surface area (Å²) in [4.78, 5) is 4.50. The summed E-state index contributed by atoms with van der Waals surface area (Å²) in [6, 6.07) is 9.52. The topological polar surface area (TPSA) is 59.4 Å². The molecule has 0 radical (unpaired) electrons. The summed E-state index contributed by atoms with van der Waals surface area (Å²) in [5.41, 5.74) is 2.42. The molecule has 0 saturated carbocycles. The second-order valence-corrected chi connectivity index (χ2v) is 4.66. The minimum absolute atomic E-state index is 0.343. The maximum absolute atomic E-state index is 9.01. The van der Waals surface area contributed by atoms with E-state index in [0.717, 1.165) is 29.9 Å². The van der Waals surface area contributed by atoms with Crippen molar-refractivity contribution in [2.24, 2.45) is 0 Å². The zero-order chi connectivity index (χ0) is 13.9. The van der Waals surface area contributed by atoms with Crippen molar-refractivity contribution in [2.45, 2.75) is 19.0 Å². The first kappa shape index (κ1) is 12.7. The number of aryl methyl sites for hydroxylation is 2. The van der Waals surface area contributed by atoms with Gasteiger partial charge < -0.3 is 4.57 Å². The van der Waals surface area contributed by atoms with Crippen LogP contribution < -0.4 is 0 Å². The third-order valence-corrected chi connectivity index (χ3v) is 3.43. The van der Waals surface area contributed by atoms with Crippen molar-refractivity contribution in [1.82, 2.24) is 19.3 Å². The summed E-state index contributed by atoms with van der Waals surface area (Å²) in [5, 5.41) is 13.2. The second kappa shape index (κ2) is 5.35. The van der Waals surface area contributed by atoms with E-state index >= 15 is 0 Å². The van der Waals surface area contributed by atoms with Crippen molar-refractivity contribution in [2.75, 3.05) is 0 Å². The lowest BCUT2D eigenvalue weighted by Crippen LogP contribution is -2.10. The molecule has 0 N–H and O–H groups in total. The lowest BCUT2D eigenvalue weighted by atomic mass is 10.2. The number of hydrogen-bond donors (Lipinski definition) is 0. The number of halogens is 1. The highest BCUT2D eigenvalue weighted by Crippen LogP contribution is 2.19. The number of hydrogen-bond acceptors (Lipinski definition) is 3. The van der Waals surface area contributed by atoms with Gasteiger partial charge in [-0.25, -0.2) is 4.98 Å². The molecule has 3 aromatic rings. The Morgan fingerprint density at radius 1 is 1.30 bits per heavy atom. The van der Waals surface area contributed by atoms with Gasteiger partial charge in [0.1, 0.15) is 5.82 Å². The van der Waals surface area contributed by atoms with Crippen LogP contribution in [0.15, 0.2) is 36.7 Å². The Bertz CT molecular complexity index is 767. The summed E-state index contributed by atoms with van der Waals surface area (Å²) < 4.78 is 3.91. The van der Waals surface area contributed by atoms with E-state index in [1.54, 1.807) is 12.3 Å². The highest BCUT2D eigenvalue weighted by Gasteiger charge is 2.10. The standard InChI is InChI=1S/C14H12ClN5/c15-9-14-18-12-3-2-11(10-16)8-13(12)20(14)7-6-19-5-1-4-17-19/h1-5,8H,6-7,9H2. The molecule has 6 heteroatoms. The molecule has 3 rings (SSSR count). The molecule has 0 bridgehead atoms. The van der Waals surface area contributed by atoms with Gasteiger partial charge in [0, 0.05) is 18.9 Å². The SMILES string of the molecule is N#Cc1ccc2nc(CCl)n(CCn3cccn3)c2c1. The normalized spacial score (nSPS) is 10.8. The van der Waals surface area contributed by atoms with Crippen LogP contribution in [0.5, 0.6) is 0 Å². The van der Waals surface area contributed by atoms with Gasteiger partial charge in [0.05, 0.1) is 35.1 Å². The number of benzene rings is 1. The highest BCUT2D eigenvalue weighted by molar-refractivity contribution is 6.16. The molecule has 0 aliphatic heterocycles. The first-order chi connectivity index (χ1) is 9.81. The van der Waals surface area contributed by atoms with E-state index in [1.165, 1.54) is 0 Å².